The van der Waals surface area contributed by atoms with Gasteiger partial charge in [0.2, 0.25) is 5.95 Å². The van der Waals surface area contributed by atoms with Gasteiger partial charge in [-0.15, -0.1) is 11.3 Å². The second kappa shape index (κ2) is 9.59. The van der Waals surface area contributed by atoms with Gasteiger partial charge in [-0.3, -0.25) is 4.98 Å². The molecular weight excluding hydrogens is 452 g/mol. The molecule has 3 heterocycles. The summed E-state index contributed by atoms with van der Waals surface area (Å²) >= 11 is 1.55. The number of para-hydroxylation sites is 1. The summed E-state index contributed by atoms with van der Waals surface area (Å²) in [4.78, 5) is 18.3. The second-order valence-corrected chi connectivity index (χ2v) is 9.50. The van der Waals surface area contributed by atoms with Crippen LogP contribution in [0, 0.1) is 12.8 Å². The van der Waals surface area contributed by atoms with Gasteiger partial charge in [0.1, 0.15) is 16.9 Å². The Bertz CT molecular complexity index is 1250. The van der Waals surface area contributed by atoms with Crippen molar-refractivity contribution in [3.63, 3.8) is 0 Å². The van der Waals surface area contributed by atoms with E-state index in [0.29, 0.717) is 24.7 Å². The Balaban J connectivity index is 1.51. The molecule has 1 aromatic carbocycles. The molecule has 34 heavy (non-hydrogen) atoms. The molecule has 0 aliphatic heterocycles. The molecule has 5 rings (SSSR count). The zero-order valence-electron chi connectivity index (χ0n) is 18.6. The van der Waals surface area contributed by atoms with Crippen LogP contribution >= 0.6 is 11.3 Å². The number of benzene rings is 1. The van der Waals surface area contributed by atoms with Gasteiger partial charge in [-0.05, 0) is 37.1 Å². The number of aliphatic hydroxyl groups is 3. The lowest BCUT2D eigenvalue weighted by Gasteiger charge is -2.21. The van der Waals surface area contributed by atoms with Crippen molar-refractivity contribution in [1.82, 2.24) is 19.9 Å². The van der Waals surface area contributed by atoms with E-state index in [9.17, 15) is 15.3 Å². The molecule has 5 N–H and O–H groups in total. The maximum Gasteiger partial charge on any atom is 0.225 e. The number of thiazole rings is 1. The average Bonchev–Trinajstić information content (AvgIpc) is 3.39. The fourth-order valence-corrected chi connectivity index (χ4v) is 5.36. The van der Waals surface area contributed by atoms with Crippen molar-refractivity contribution in [3.8, 4) is 10.6 Å². The first kappa shape index (κ1) is 22.6. The van der Waals surface area contributed by atoms with Crippen LogP contribution in [0.2, 0.25) is 0 Å². The first-order chi connectivity index (χ1) is 16.5. The van der Waals surface area contributed by atoms with Crippen LogP contribution in [0.25, 0.3) is 20.8 Å². The number of hydrogen-bond donors (Lipinski definition) is 5. The molecule has 0 amide bonds. The Hall–Kier alpha value is -3.18. The highest BCUT2D eigenvalue weighted by Crippen LogP contribution is 2.38. The predicted octanol–water partition coefficient (Wildman–Crippen LogP) is 2.58. The Morgan fingerprint density at radius 1 is 1.06 bits per heavy atom. The van der Waals surface area contributed by atoms with Crippen LogP contribution in [-0.4, -0.2) is 60.1 Å². The first-order valence-corrected chi connectivity index (χ1v) is 12.0. The molecule has 0 unspecified atom stereocenters. The van der Waals surface area contributed by atoms with Crippen molar-refractivity contribution < 1.29 is 15.3 Å². The molecule has 0 radical (unpaired) electrons. The second-order valence-electron chi connectivity index (χ2n) is 8.47. The highest BCUT2D eigenvalue weighted by atomic mass is 32.1. The summed E-state index contributed by atoms with van der Waals surface area (Å²) in [5.74, 6) is 0.556. The third-order valence-electron chi connectivity index (χ3n) is 6.13. The van der Waals surface area contributed by atoms with Crippen LogP contribution in [0.5, 0.6) is 0 Å². The SMILES string of the molecule is Cc1nc(NCc2cccnc2)nc(N[C@@H]2C[C@H](CO)[C@@H](O)[C@H]2O)c1-c1nc2ccccc2s1. The third kappa shape index (κ3) is 4.45. The van der Waals surface area contributed by atoms with Crippen LogP contribution in [-0.2, 0) is 6.54 Å². The fourth-order valence-electron chi connectivity index (χ4n) is 4.30. The van der Waals surface area contributed by atoms with Crippen LogP contribution in [0.1, 0.15) is 17.7 Å². The van der Waals surface area contributed by atoms with Crippen molar-refractivity contribution >= 4 is 33.3 Å². The summed E-state index contributed by atoms with van der Waals surface area (Å²) < 4.78 is 1.05. The maximum atomic E-state index is 10.6. The minimum Gasteiger partial charge on any atom is -0.396 e. The van der Waals surface area contributed by atoms with Gasteiger partial charge >= 0.3 is 0 Å². The van der Waals surface area contributed by atoms with Crippen molar-refractivity contribution in [2.24, 2.45) is 5.92 Å². The van der Waals surface area contributed by atoms with Gasteiger partial charge in [0.25, 0.3) is 0 Å². The fraction of sp³-hybridized carbons (Fsp3) is 0.333. The molecule has 1 aliphatic carbocycles. The van der Waals surface area contributed by atoms with Crippen molar-refractivity contribution in [3.05, 3.63) is 60.0 Å². The zero-order chi connectivity index (χ0) is 23.7. The Labute approximate surface area is 200 Å². The molecule has 1 fully saturated rings. The normalized spacial score (nSPS) is 22.2. The number of fused-ring (bicyclic) bond motifs is 1. The van der Waals surface area contributed by atoms with E-state index in [1.165, 1.54) is 0 Å². The summed E-state index contributed by atoms with van der Waals surface area (Å²) in [6.07, 6.45) is 1.89. The van der Waals surface area contributed by atoms with Crippen LogP contribution < -0.4 is 10.6 Å². The summed E-state index contributed by atoms with van der Waals surface area (Å²) in [5.41, 5.74) is 3.37. The topological polar surface area (TPSA) is 136 Å². The van der Waals surface area contributed by atoms with E-state index in [1.54, 1.807) is 23.7 Å². The van der Waals surface area contributed by atoms with Gasteiger partial charge in [0.05, 0.1) is 33.6 Å². The molecule has 1 saturated carbocycles. The van der Waals surface area contributed by atoms with E-state index in [1.807, 2.05) is 43.3 Å². The Morgan fingerprint density at radius 3 is 2.65 bits per heavy atom. The summed E-state index contributed by atoms with van der Waals surface area (Å²) in [6, 6.07) is 11.3. The van der Waals surface area contributed by atoms with Gasteiger partial charge in [0.15, 0.2) is 0 Å². The van der Waals surface area contributed by atoms with Crippen molar-refractivity contribution in [2.75, 3.05) is 17.2 Å². The quantitative estimate of drug-likeness (QED) is 0.271. The predicted molar refractivity (Wildman–Crippen MR) is 132 cm³/mol. The number of aryl methyl sites for hydroxylation is 1. The number of pyridine rings is 1. The summed E-state index contributed by atoms with van der Waals surface area (Å²) in [6.45, 7) is 2.21. The molecule has 176 valence electrons. The highest BCUT2D eigenvalue weighted by Gasteiger charge is 2.41. The number of nitrogens with zero attached hydrogens (tertiary/aromatic N) is 4. The standard InChI is InChI=1S/C24H26N6O3S/c1-13-19(23-29-16-6-2-3-7-18(16)34-23)22(28-17-9-15(12-31)20(32)21(17)33)30-24(27-13)26-11-14-5-4-8-25-10-14/h2-8,10,15,17,20-21,31-33H,9,11-12H2,1H3,(H2,26,27,28,30)/t15-,17-,20-,21+/m1/s1. The monoisotopic (exact) mass is 478 g/mol. The number of hydrogen-bond acceptors (Lipinski definition) is 10. The van der Waals surface area contributed by atoms with Gasteiger partial charge in [-0.1, -0.05) is 18.2 Å². The number of rotatable bonds is 7. The first-order valence-electron chi connectivity index (χ1n) is 11.1. The zero-order valence-corrected chi connectivity index (χ0v) is 19.4. The van der Waals surface area contributed by atoms with Gasteiger partial charge < -0.3 is 26.0 Å². The number of aliphatic hydroxyl groups excluding tert-OH is 3. The van der Waals surface area contributed by atoms with Crippen LogP contribution in [0.15, 0.2) is 48.8 Å². The Morgan fingerprint density at radius 2 is 1.91 bits per heavy atom. The minimum atomic E-state index is -1.03. The van der Waals surface area contributed by atoms with Crippen LogP contribution in [0.4, 0.5) is 11.8 Å². The van der Waals surface area contributed by atoms with Gasteiger partial charge in [-0.25, -0.2) is 9.97 Å². The van der Waals surface area contributed by atoms with E-state index < -0.39 is 24.2 Å². The maximum absolute atomic E-state index is 10.6. The molecule has 4 aromatic rings. The Kier molecular flexibility index (Phi) is 6.38. The molecule has 10 heteroatoms. The summed E-state index contributed by atoms with van der Waals surface area (Å²) in [7, 11) is 0. The minimum absolute atomic E-state index is 0.193. The molecule has 4 atom stereocenters. The lowest BCUT2D eigenvalue weighted by molar-refractivity contribution is 0.00446. The van der Waals surface area contributed by atoms with Crippen molar-refractivity contribution in [1.29, 1.82) is 0 Å². The average molecular weight is 479 g/mol. The van der Waals surface area contributed by atoms with Crippen LogP contribution in [0.3, 0.4) is 0 Å². The molecular formula is C24H26N6O3S. The highest BCUT2D eigenvalue weighted by molar-refractivity contribution is 7.21. The van der Waals surface area contributed by atoms with E-state index in [0.717, 1.165) is 32.0 Å². The van der Waals surface area contributed by atoms with E-state index in [4.69, 9.17) is 9.97 Å². The van der Waals surface area contributed by atoms with Crippen molar-refractivity contribution in [2.45, 2.75) is 38.1 Å². The molecule has 0 bridgehead atoms. The molecule has 9 nitrogen and oxygen atoms in total. The van der Waals surface area contributed by atoms with Gasteiger partial charge in [0, 0.05) is 31.5 Å². The molecule has 0 spiro atoms. The van der Waals surface area contributed by atoms with Gasteiger partial charge in [-0.2, -0.15) is 4.98 Å². The number of anilines is 2. The van der Waals surface area contributed by atoms with E-state index in [2.05, 4.69) is 20.6 Å². The lowest BCUT2D eigenvalue weighted by atomic mass is 10.1. The number of aromatic nitrogens is 4. The molecule has 3 aromatic heterocycles. The third-order valence-corrected chi connectivity index (χ3v) is 7.18. The summed E-state index contributed by atoms with van der Waals surface area (Å²) in [5, 5.41) is 37.8. The van der Waals surface area contributed by atoms with E-state index >= 15 is 0 Å². The lowest BCUT2D eigenvalue weighted by Crippen LogP contribution is -2.35. The largest absolute Gasteiger partial charge is 0.396 e. The van der Waals surface area contributed by atoms with E-state index in [-0.39, 0.29) is 6.61 Å². The molecule has 1 aliphatic rings. The molecule has 0 saturated heterocycles. The smallest absolute Gasteiger partial charge is 0.225 e. The number of nitrogens with one attached hydrogen (secondary N) is 2.